The summed E-state index contributed by atoms with van der Waals surface area (Å²) in [7, 11) is -3.18. The lowest BCUT2D eigenvalue weighted by Crippen LogP contribution is -2.29. The predicted molar refractivity (Wildman–Crippen MR) is 161 cm³/mol. The quantitative estimate of drug-likeness (QED) is 0.0499. The second kappa shape index (κ2) is 28.2. The predicted octanol–water partition coefficient (Wildman–Crippen LogP) is 9.22. The van der Waals surface area contributed by atoms with Crippen LogP contribution >= 0.6 is 7.82 Å². The van der Waals surface area contributed by atoms with Gasteiger partial charge in [0.1, 0.15) is 6.61 Å². The molecule has 0 heterocycles. The second-order valence-corrected chi connectivity index (χ2v) is 12.5. The van der Waals surface area contributed by atoms with Crippen molar-refractivity contribution in [3.05, 3.63) is 0 Å². The maximum Gasteiger partial charge on any atom is 0.472 e. The Morgan fingerprint density at radius 2 is 0.975 bits per heavy atom. The molecule has 9 heteroatoms. The van der Waals surface area contributed by atoms with E-state index >= 15 is 0 Å². The summed E-state index contributed by atoms with van der Waals surface area (Å²) in [6, 6.07) is 0. The molecule has 1 N–H and O–H groups in total. The lowest BCUT2D eigenvalue weighted by Gasteiger charge is -2.19. The van der Waals surface area contributed by atoms with Gasteiger partial charge in [0.25, 0.3) is 0 Å². The number of ether oxygens (including phenoxy) is 2. The summed E-state index contributed by atoms with van der Waals surface area (Å²) in [5.74, 6) is -0.801. The molecule has 40 heavy (non-hydrogen) atoms. The van der Waals surface area contributed by atoms with Crippen molar-refractivity contribution >= 4 is 19.8 Å². The molecule has 8 nitrogen and oxygen atoms in total. The van der Waals surface area contributed by atoms with Gasteiger partial charge in [0.05, 0.1) is 6.61 Å². The molecule has 0 radical (unpaired) electrons. The first kappa shape index (κ1) is 39.0. The largest absolute Gasteiger partial charge is 0.472 e. The molecule has 0 aromatic carbocycles. The van der Waals surface area contributed by atoms with Crippen molar-refractivity contribution in [2.75, 3.05) is 20.3 Å². The maximum atomic E-state index is 12.3. The van der Waals surface area contributed by atoms with Gasteiger partial charge in [-0.3, -0.25) is 18.6 Å². The fraction of sp³-hybridized carbons (Fsp3) is 0.935. The number of carbonyl (C=O) groups is 2. The average Bonchev–Trinajstić information content (AvgIpc) is 2.94. The highest BCUT2D eigenvalue weighted by Gasteiger charge is 2.24. The van der Waals surface area contributed by atoms with E-state index < -0.39 is 26.5 Å². The number of phosphoric acid groups is 1. The standard InChI is InChI=1S/C31H61O8P/c1-4-6-8-10-12-14-15-16-18-20-22-24-26-31(33)39-29(28-38-40(34,35)36-3)27-37-30(32)25-23-21-19-17-13-11-9-7-5-2/h29H,4-28H2,1-3H3,(H,34,35). The van der Waals surface area contributed by atoms with Gasteiger partial charge < -0.3 is 14.4 Å². The lowest BCUT2D eigenvalue weighted by molar-refractivity contribution is -0.161. The minimum atomic E-state index is -4.24. The van der Waals surface area contributed by atoms with Crippen LogP contribution in [0.2, 0.25) is 0 Å². The van der Waals surface area contributed by atoms with Crippen molar-refractivity contribution in [3.63, 3.8) is 0 Å². The van der Waals surface area contributed by atoms with Crippen molar-refractivity contribution < 1.29 is 37.6 Å². The van der Waals surface area contributed by atoms with Crippen LogP contribution in [0.25, 0.3) is 0 Å². The number of carbonyl (C=O) groups excluding carboxylic acids is 2. The molecule has 0 aromatic heterocycles. The molecule has 0 fully saturated rings. The van der Waals surface area contributed by atoms with Crippen molar-refractivity contribution in [1.82, 2.24) is 0 Å². The third kappa shape index (κ3) is 27.2. The second-order valence-electron chi connectivity index (χ2n) is 11.0. The Kier molecular flexibility index (Phi) is 27.5. The van der Waals surface area contributed by atoms with Crippen LogP contribution in [0.3, 0.4) is 0 Å². The van der Waals surface area contributed by atoms with Crippen molar-refractivity contribution in [3.8, 4) is 0 Å². The topological polar surface area (TPSA) is 108 Å². The number of rotatable bonds is 30. The summed E-state index contributed by atoms with van der Waals surface area (Å²) >= 11 is 0. The number of unbranched alkanes of at least 4 members (excludes halogenated alkanes) is 19. The highest BCUT2D eigenvalue weighted by atomic mass is 31.2. The molecule has 0 saturated heterocycles. The fourth-order valence-electron chi connectivity index (χ4n) is 4.54. The van der Waals surface area contributed by atoms with E-state index in [-0.39, 0.29) is 19.0 Å². The molecular formula is C31H61O8P. The lowest BCUT2D eigenvalue weighted by atomic mass is 10.0. The van der Waals surface area contributed by atoms with Gasteiger partial charge in [-0.05, 0) is 12.8 Å². The molecule has 2 unspecified atom stereocenters. The molecule has 0 rings (SSSR count). The number of hydrogen-bond donors (Lipinski definition) is 1. The van der Waals surface area contributed by atoms with E-state index in [0.29, 0.717) is 6.42 Å². The highest BCUT2D eigenvalue weighted by Crippen LogP contribution is 2.42. The molecule has 2 atom stereocenters. The van der Waals surface area contributed by atoms with E-state index in [9.17, 15) is 19.0 Å². The SMILES string of the molecule is CCCCCCCCCCCCCCC(=O)OC(COC(=O)CCCCCCCCCCC)COP(=O)(O)OC. The monoisotopic (exact) mass is 592 g/mol. The van der Waals surface area contributed by atoms with Crippen LogP contribution < -0.4 is 0 Å². The summed E-state index contributed by atoms with van der Waals surface area (Å²) in [4.78, 5) is 34.0. The third-order valence-corrected chi connectivity index (χ3v) is 8.04. The summed E-state index contributed by atoms with van der Waals surface area (Å²) in [6.45, 7) is 3.84. The molecule has 0 aliphatic rings. The first-order chi connectivity index (χ1) is 19.3. The van der Waals surface area contributed by atoms with E-state index in [1.165, 1.54) is 96.3 Å². The Balaban J connectivity index is 4.12. The van der Waals surface area contributed by atoms with Crippen LogP contribution in [0, 0.1) is 0 Å². The van der Waals surface area contributed by atoms with Gasteiger partial charge in [0, 0.05) is 20.0 Å². The minimum Gasteiger partial charge on any atom is -0.462 e. The molecular weight excluding hydrogens is 531 g/mol. The van der Waals surface area contributed by atoms with Crippen LogP contribution in [-0.2, 0) is 32.7 Å². The zero-order chi connectivity index (χ0) is 29.7. The summed E-state index contributed by atoms with van der Waals surface area (Å²) < 4.78 is 31.7. The molecule has 0 aromatic rings. The Morgan fingerprint density at radius 1 is 0.600 bits per heavy atom. The Morgan fingerprint density at radius 3 is 1.38 bits per heavy atom. The molecule has 0 bridgehead atoms. The van der Waals surface area contributed by atoms with E-state index in [1.54, 1.807) is 0 Å². The summed E-state index contributed by atoms with van der Waals surface area (Å²) in [5.41, 5.74) is 0. The first-order valence-electron chi connectivity index (χ1n) is 16.2. The Labute approximate surface area is 245 Å². The van der Waals surface area contributed by atoms with Crippen molar-refractivity contribution in [1.29, 1.82) is 0 Å². The molecule has 0 saturated carbocycles. The summed E-state index contributed by atoms with van der Waals surface area (Å²) in [6.07, 6.45) is 24.4. The van der Waals surface area contributed by atoms with E-state index in [2.05, 4.69) is 18.4 Å². The molecule has 0 aliphatic heterocycles. The molecule has 0 amide bonds. The van der Waals surface area contributed by atoms with Gasteiger partial charge in [-0.1, -0.05) is 136 Å². The number of phosphoric ester groups is 1. The number of hydrogen-bond acceptors (Lipinski definition) is 7. The molecule has 0 spiro atoms. The molecule has 0 aliphatic carbocycles. The highest BCUT2D eigenvalue weighted by molar-refractivity contribution is 7.47. The van der Waals surface area contributed by atoms with Gasteiger partial charge in [0.15, 0.2) is 6.10 Å². The average molecular weight is 593 g/mol. The van der Waals surface area contributed by atoms with Crippen LogP contribution in [0.5, 0.6) is 0 Å². The van der Waals surface area contributed by atoms with Crippen LogP contribution in [-0.4, -0.2) is 43.3 Å². The van der Waals surface area contributed by atoms with Gasteiger partial charge in [-0.25, -0.2) is 4.57 Å². The van der Waals surface area contributed by atoms with Crippen molar-refractivity contribution in [2.45, 2.75) is 168 Å². The van der Waals surface area contributed by atoms with Gasteiger partial charge in [0.2, 0.25) is 0 Å². The van der Waals surface area contributed by atoms with Gasteiger partial charge in [-0.15, -0.1) is 0 Å². The summed E-state index contributed by atoms with van der Waals surface area (Å²) in [5, 5.41) is 0. The van der Waals surface area contributed by atoms with E-state index in [4.69, 9.17) is 14.0 Å². The van der Waals surface area contributed by atoms with E-state index in [0.717, 1.165) is 45.6 Å². The molecule has 238 valence electrons. The zero-order valence-electron chi connectivity index (χ0n) is 26.0. The smallest absolute Gasteiger partial charge is 0.462 e. The first-order valence-corrected chi connectivity index (χ1v) is 17.7. The minimum absolute atomic E-state index is 0.218. The Bertz CT molecular complexity index is 643. The van der Waals surface area contributed by atoms with Crippen LogP contribution in [0.1, 0.15) is 162 Å². The maximum absolute atomic E-state index is 12.3. The van der Waals surface area contributed by atoms with E-state index in [1.807, 2.05) is 0 Å². The van der Waals surface area contributed by atoms with Crippen molar-refractivity contribution in [2.24, 2.45) is 0 Å². The van der Waals surface area contributed by atoms with Gasteiger partial charge in [-0.2, -0.15) is 0 Å². The van der Waals surface area contributed by atoms with Crippen LogP contribution in [0.4, 0.5) is 0 Å². The van der Waals surface area contributed by atoms with Crippen LogP contribution in [0.15, 0.2) is 0 Å². The normalized spacial score (nSPS) is 13.6. The zero-order valence-corrected chi connectivity index (χ0v) is 26.9. The van der Waals surface area contributed by atoms with Gasteiger partial charge >= 0.3 is 19.8 Å². The number of esters is 2. The third-order valence-electron chi connectivity index (χ3n) is 7.10. The Hall–Kier alpha value is -0.950. The fourth-order valence-corrected chi connectivity index (χ4v) is 5.00.